The highest BCUT2D eigenvalue weighted by molar-refractivity contribution is 7.90. The molecule has 1 unspecified atom stereocenters. The number of carbonyl (C=O) groups is 1. The lowest BCUT2D eigenvalue weighted by Crippen LogP contribution is -2.41. The molecule has 1 aromatic heterocycles. The van der Waals surface area contributed by atoms with Crippen molar-refractivity contribution in [1.82, 2.24) is 3.97 Å². The van der Waals surface area contributed by atoms with Gasteiger partial charge in [0.25, 0.3) is 10.0 Å². The maximum Gasteiger partial charge on any atom is 0.268 e. The molecule has 0 saturated heterocycles. The minimum absolute atomic E-state index is 0.0295. The van der Waals surface area contributed by atoms with E-state index >= 15 is 0 Å². The average Bonchev–Trinajstić information content (AvgIpc) is 3.40. The minimum Gasteiger partial charge on any atom is -0.314 e. The Morgan fingerprint density at radius 1 is 0.784 bits per heavy atom. The third-order valence-corrected chi connectivity index (χ3v) is 9.14. The highest BCUT2D eigenvalue weighted by atomic mass is 32.2. The van der Waals surface area contributed by atoms with Gasteiger partial charge in [0.05, 0.1) is 10.4 Å². The predicted molar refractivity (Wildman–Crippen MR) is 146 cm³/mol. The molecule has 5 aromatic rings. The van der Waals surface area contributed by atoms with Crippen LogP contribution in [0.25, 0.3) is 10.9 Å². The molecule has 1 atom stereocenters. The molecule has 6 rings (SSSR count). The monoisotopic (exact) mass is 506 g/mol. The van der Waals surface area contributed by atoms with E-state index in [0.29, 0.717) is 11.9 Å². The molecular weight excluding hydrogens is 480 g/mol. The van der Waals surface area contributed by atoms with Gasteiger partial charge in [0.2, 0.25) is 5.91 Å². The maximum absolute atomic E-state index is 14.1. The smallest absolute Gasteiger partial charge is 0.268 e. The molecule has 184 valence electrons. The molecule has 1 amide bonds. The van der Waals surface area contributed by atoms with Crippen LogP contribution in [0.15, 0.2) is 114 Å². The molecular formula is C31H26N2O3S. The number of benzene rings is 4. The van der Waals surface area contributed by atoms with Crippen LogP contribution in [-0.2, 0) is 26.7 Å². The van der Waals surface area contributed by atoms with Crippen LogP contribution >= 0.6 is 0 Å². The van der Waals surface area contributed by atoms with Crippen LogP contribution in [0.5, 0.6) is 0 Å². The lowest BCUT2D eigenvalue weighted by Gasteiger charge is -2.29. The molecule has 0 aliphatic carbocycles. The van der Waals surface area contributed by atoms with Crippen molar-refractivity contribution in [2.45, 2.75) is 23.7 Å². The summed E-state index contributed by atoms with van der Waals surface area (Å²) in [5.41, 5.74) is 4.08. The van der Waals surface area contributed by atoms with Gasteiger partial charge in [-0.1, -0.05) is 84.4 Å². The van der Waals surface area contributed by atoms with E-state index in [1.807, 2.05) is 85.8 Å². The first kappa shape index (κ1) is 23.3. The van der Waals surface area contributed by atoms with Crippen LogP contribution in [0.2, 0.25) is 0 Å². The van der Waals surface area contributed by atoms with E-state index in [-0.39, 0.29) is 10.8 Å². The number of para-hydroxylation sites is 2. The van der Waals surface area contributed by atoms with E-state index in [0.717, 1.165) is 33.3 Å². The molecule has 5 nitrogen and oxygen atoms in total. The first-order chi connectivity index (χ1) is 17.8. The Hall–Kier alpha value is -4.16. The van der Waals surface area contributed by atoms with E-state index in [2.05, 4.69) is 0 Å². The Labute approximate surface area is 216 Å². The van der Waals surface area contributed by atoms with Crippen LogP contribution in [0, 0.1) is 6.92 Å². The number of aromatic nitrogens is 1. The number of hydrogen-bond acceptors (Lipinski definition) is 3. The van der Waals surface area contributed by atoms with E-state index in [4.69, 9.17) is 0 Å². The zero-order chi connectivity index (χ0) is 25.8. The van der Waals surface area contributed by atoms with Gasteiger partial charge >= 0.3 is 0 Å². The third-order valence-electron chi connectivity index (χ3n) is 7.46. The quantitative estimate of drug-likeness (QED) is 0.308. The van der Waals surface area contributed by atoms with Crippen LogP contribution in [-0.4, -0.2) is 25.3 Å². The van der Waals surface area contributed by atoms with Crippen LogP contribution in [0.4, 0.5) is 5.69 Å². The van der Waals surface area contributed by atoms with Crippen molar-refractivity contribution in [2.75, 3.05) is 11.9 Å². The largest absolute Gasteiger partial charge is 0.314 e. The molecule has 0 bridgehead atoms. The number of rotatable bonds is 5. The Balaban J connectivity index is 1.59. The van der Waals surface area contributed by atoms with E-state index in [9.17, 15) is 13.2 Å². The fourth-order valence-corrected chi connectivity index (χ4v) is 6.97. The third kappa shape index (κ3) is 3.44. The summed E-state index contributed by atoms with van der Waals surface area (Å²) >= 11 is 0. The molecule has 37 heavy (non-hydrogen) atoms. The number of likely N-dealkylation sites (N-methyl/N-ethyl adjacent to an activating group) is 1. The number of nitrogens with zero attached hydrogens (tertiary/aromatic N) is 2. The lowest BCUT2D eigenvalue weighted by atomic mass is 9.71. The van der Waals surface area contributed by atoms with Gasteiger partial charge in [-0.05, 0) is 54.3 Å². The summed E-state index contributed by atoms with van der Waals surface area (Å²) < 4.78 is 28.9. The van der Waals surface area contributed by atoms with Crippen LogP contribution < -0.4 is 4.90 Å². The van der Waals surface area contributed by atoms with E-state index in [1.54, 1.807) is 42.4 Å². The Morgan fingerprint density at radius 2 is 1.43 bits per heavy atom. The van der Waals surface area contributed by atoms with Gasteiger partial charge in [-0.3, -0.25) is 4.79 Å². The predicted octanol–water partition coefficient (Wildman–Crippen LogP) is 5.69. The van der Waals surface area contributed by atoms with Crippen molar-refractivity contribution >= 4 is 32.5 Å². The standard InChI is InChI=1S/C31H26N2O3S/c1-22-16-18-25(19-17-22)37(35,36)33-21-23(26-12-6-8-14-28(26)33)20-31(24-10-4-3-5-11-24)27-13-7-9-15-29(27)32(2)30(31)34/h3-19,21H,20H2,1-2H3. The van der Waals surface area contributed by atoms with Crippen molar-refractivity contribution in [1.29, 1.82) is 0 Å². The minimum atomic E-state index is -3.84. The summed E-state index contributed by atoms with van der Waals surface area (Å²) in [4.78, 5) is 16.0. The zero-order valence-electron chi connectivity index (χ0n) is 20.6. The first-order valence-electron chi connectivity index (χ1n) is 12.2. The number of anilines is 1. The second-order valence-corrected chi connectivity index (χ2v) is 11.4. The van der Waals surface area contributed by atoms with Crippen molar-refractivity contribution in [3.63, 3.8) is 0 Å². The normalized spacial score (nSPS) is 17.4. The Morgan fingerprint density at radius 3 is 2.19 bits per heavy atom. The van der Waals surface area contributed by atoms with Crippen LogP contribution in [0.1, 0.15) is 22.3 Å². The highest BCUT2D eigenvalue weighted by Gasteiger charge is 2.51. The van der Waals surface area contributed by atoms with E-state index in [1.165, 1.54) is 3.97 Å². The van der Waals surface area contributed by atoms with Crippen LogP contribution in [0.3, 0.4) is 0 Å². The fraction of sp³-hybridized carbons (Fsp3) is 0.129. The summed E-state index contributed by atoms with van der Waals surface area (Å²) in [5, 5.41) is 0.813. The Kier molecular flexibility index (Phi) is 5.31. The number of amides is 1. The molecule has 0 spiro atoms. The van der Waals surface area contributed by atoms with Gasteiger partial charge in [0.1, 0.15) is 5.41 Å². The second-order valence-electron chi connectivity index (χ2n) is 9.61. The van der Waals surface area contributed by atoms with Gasteiger partial charge in [-0.25, -0.2) is 12.4 Å². The lowest BCUT2D eigenvalue weighted by molar-refractivity contribution is -0.121. The summed E-state index contributed by atoms with van der Waals surface area (Å²) in [5.74, 6) is -0.0295. The first-order valence-corrected chi connectivity index (χ1v) is 13.6. The molecule has 0 N–H and O–H groups in total. The van der Waals surface area contributed by atoms with Gasteiger partial charge in [0, 0.05) is 24.3 Å². The molecule has 1 aliphatic rings. The topological polar surface area (TPSA) is 59.4 Å². The average molecular weight is 507 g/mol. The van der Waals surface area contributed by atoms with Crippen molar-refractivity contribution < 1.29 is 13.2 Å². The molecule has 0 radical (unpaired) electrons. The summed E-state index contributed by atoms with van der Waals surface area (Å²) in [6.45, 7) is 1.93. The SMILES string of the molecule is Cc1ccc(S(=O)(=O)n2cc(CC3(c4ccccc4)C(=O)N(C)c4ccccc43)c3ccccc32)cc1. The van der Waals surface area contributed by atoms with E-state index < -0.39 is 15.4 Å². The van der Waals surface area contributed by atoms with Gasteiger partial charge < -0.3 is 4.90 Å². The zero-order valence-corrected chi connectivity index (χ0v) is 21.4. The van der Waals surface area contributed by atoms with Crippen molar-refractivity contribution in [3.05, 3.63) is 132 Å². The van der Waals surface area contributed by atoms with Gasteiger partial charge in [-0.2, -0.15) is 0 Å². The second kappa shape index (κ2) is 8.46. The molecule has 4 aromatic carbocycles. The summed E-state index contributed by atoms with van der Waals surface area (Å²) in [6.07, 6.45) is 2.02. The molecule has 0 fully saturated rings. The number of aryl methyl sites for hydroxylation is 1. The molecule has 6 heteroatoms. The molecule has 0 saturated carbocycles. The Bertz CT molecular complexity index is 1760. The molecule has 2 heterocycles. The number of hydrogen-bond donors (Lipinski definition) is 0. The summed E-state index contributed by atoms with van der Waals surface area (Å²) in [7, 11) is -2.04. The highest BCUT2D eigenvalue weighted by Crippen LogP contribution is 2.48. The maximum atomic E-state index is 14.1. The number of fused-ring (bicyclic) bond motifs is 2. The summed E-state index contributed by atoms with van der Waals surface area (Å²) in [6, 6.07) is 32.0. The van der Waals surface area contributed by atoms with Gasteiger partial charge in [-0.15, -0.1) is 0 Å². The molecule has 1 aliphatic heterocycles. The van der Waals surface area contributed by atoms with Crippen molar-refractivity contribution in [3.8, 4) is 0 Å². The number of carbonyl (C=O) groups excluding carboxylic acids is 1. The van der Waals surface area contributed by atoms with Crippen molar-refractivity contribution in [2.24, 2.45) is 0 Å². The van der Waals surface area contributed by atoms with Gasteiger partial charge in [0.15, 0.2) is 0 Å². The fourth-order valence-electron chi connectivity index (χ4n) is 5.58.